The molecule has 31 heavy (non-hydrogen) atoms. The Kier molecular flexibility index (Phi) is 7.81. The first-order chi connectivity index (χ1) is 15.2. The number of piperidine rings is 1. The molecule has 0 atom stereocenters. The molecule has 0 spiro atoms. The largest absolute Gasteiger partial charge is 0.356 e. The van der Waals surface area contributed by atoms with Gasteiger partial charge in [0, 0.05) is 64.2 Å². The molecule has 2 saturated heterocycles. The molecule has 3 heterocycles. The predicted molar refractivity (Wildman–Crippen MR) is 131 cm³/mol. The molecule has 168 valence electrons. The number of aliphatic imine (C=N–C) groups is 1. The van der Waals surface area contributed by atoms with Gasteiger partial charge in [-0.05, 0) is 43.7 Å². The second kappa shape index (κ2) is 11.0. The van der Waals surface area contributed by atoms with Crippen molar-refractivity contribution in [1.82, 2.24) is 20.5 Å². The zero-order valence-electron chi connectivity index (χ0n) is 18.9. The van der Waals surface area contributed by atoms with Gasteiger partial charge in [0.2, 0.25) is 0 Å². The fourth-order valence-corrected chi connectivity index (χ4v) is 5.34. The summed E-state index contributed by atoms with van der Waals surface area (Å²) in [5.74, 6) is 0.910. The van der Waals surface area contributed by atoms with Crippen LogP contribution in [0.1, 0.15) is 42.5 Å². The molecule has 6 nitrogen and oxygen atoms in total. The molecule has 7 heteroatoms. The van der Waals surface area contributed by atoms with Gasteiger partial charge in [0.25, 0.3) is 0 Å². The van der Waals surface area contributed by atoms with Gasteiger partial charge >= 0.3 is 0 Å². The lowest BCUT2D eigenvalue weighted by Crippen LogP contribution is -2.48. The molecule has 1 aromatic heterocycles. The first-order valence-corrected chi connectivity index (χ1v) is 12.5. The summed E-state index contributed by atoms with van der Waals surface area (Å²) < 4.78 is 0. The number of rotatable bonds is 7. The van der Waals surface area contributed by atoms with E-state index in [-0.39, 0.29) is 0 Å². The van der Waals surface area contributed by atoms with Crippen LogP contribution in [-0.2, 0) is 13.0 Å². The number of aryl methyl sites for hydroxylation is 1. The van der Waals surface area contributed by atoms with E-state index < -0.39 is 0 Å². The van der Waals surface area contributed by atoms with Gasteiger partial charge in [-0.15, -0.1) is 11.3 Å². The molecule has 2 N–H and O–H groups in total. The zero-order valence-corrected chi connectivity index (χ0v) is 19.8. The van der Waals surface area contributed by atoms with Crippen molar-refractivity contribution in [1.29, 1.82) is 0 Å². The van der Waals surface area contributed by atoms with E-state index in [0.717, 1.165) is 64.5 Å². The van der Waals surface area contributed by atoms with Gasteiger partial charge < -0.3 is 15.5 Å². The number of nitrogens with zero attached hydrogens (tertiary/aromatic N) is 4. The maximum Gasteiger partial charge on any atom is 0.191 e. The van der Waals surface area contributed by atoms with Crippen LogP contribution in [0.4, 0.5) is 5.13 Å². The molecule has 2 aliphatic rings. The Bertz CT molecular complexity index is 849. The molecule has 2 fully saturated rings. The molecular formula is C24H36N6S. The van der Waals surface area contributed by atoms with E-state index in [1.54, 1.807) is 11.3 Å². The van der Waals surface area contributed by atoms with Crippen LogP contribution in [0.2, 0.25) is 0 Å². The molecule has 0 amide bonds. The van der Waals surface area contributed by atoms with E-state index in [0.29, 0.717) is 6.04 Å². The third kappa shape index (κ3) is 6.20. The monoisotopic (exact) mass is 440 g/mol. The van der Waals surface area contributed by atoms with Crippen molar-refractivity contribution in [3.05, 3.63) is 46.5 Å². The van der Waals surface area contributed by atoms with Crippen LogP contribution < -0.4 is 15.5 Å². The van der Waals surface area contributed by atoms with Crippen LogP contribution in [-0.4, -0.2) is 61.7 Å². The summed E-state index contributed by atoms with van der Waals surface area (Å²) in [4.78, 5) is 14.2. The van der Waals surface area contributed by atoms with E-state index in [1.165, 1.54) is 34.8 Å². The molecule has 0 bridgehead atoms. The SMILES string of the molecule is CN=C(NCCc1csc(N2CCCC2)n1)NC1CCN(Cc2ccccc2C)CC1. The standard InChI is InChI=1S/C24H36N6S/c1-19-7-3-4-8-20(19)17-29-15-10-21(11-16-29)27-23(25-2)26-12-9-22-18-31-24(28-22)30-13-5-6-14-30/h3-4,7-8,18,21H,5-6,9-17H2,1-2H3,(H2,25,26,27). The molecule has 0 radical (unpaired) electrons. The van der Waals surface area contributed by atoms with Crippen molar-refractivity contribution in [2.24, 2.45) is 4.99 Å². The number of aromatic nitrogens is 1. The number of hydrogen-bond acceptors (Lipinski definition) is 5. The highest BCUT2D eigenvalue weighted by Crippen LogP contribution is 2.24. The lowest BCUT2D eigenvalue weighted by atomic mass is 10.0. The van der Waals surface area contributed by atoms with Gasteiger partial charge in [0.15, 0.2) is 11.1 Å². The number of hydrogen-bond donors (Lipinski definition) is 2. The first-order valence-electron chi connectivity index (χ1n) is 11.6. The molecule has 0 saturated carbocycles. The van der Waals surface area contributed by atoms with Gasteiger partial charge in [0.1, 0.15) is 0 Å². The lowest BCUT2D eigenvalue weighted by molar-refractivity contribution is 0.198. The smallest absolute Gasteiger partial charge is 0.191 e. The summed E-state index contributed by atoms with van der Waals surface area (Å²) in [7, 11) is 1.86. The number of likely N-dealkylation sites (tertiary alicyclic amines) is 1. The maximum atomic E-state index is 4.82. The highest BCUT2D eigenvalue weighted by Gasteiger charge is 2.20. The normalized spacial score (nSPS) is 18.5. The van der Waals surface area contributed by atoms with Crippen LogP contribution in [0.3, 0.4) is 0 Å². The van der Waals surface area contributed by atoms with Crippen molar-refractivity contribution < 1.29 is 0 Å². The molecule has 0 aliphatic carbocycles. The summed E-state index contributed by atoms with van der Waals surface area (Å²) in [6.45, 7) is 8.69. The minimum Gasteiger partial charge on any atom is -0.356 e. The topological polar surface area (TPSA) is 55.8 Å². The average Bonchev–Trinajstić information content (AvgIpc) is 3.48. The number of thiazole rings is 1. The fourth-order valence-electron chi connectivity index (χ4n) is 4.43. The van der Waals surface area contributed by atoms with Crippen molar-refractivity contribution in [2.45, 2.75) is 51.6 Å². The van der Waals surface area contributed by atoms with Crippen molar-refractivity contribution >= 4 is 22.4 Å². The summed E-state index contributed by atoms with van der Waals surface area (Å²) in [5.41, 5.74) is 4.01. The fraction of sp³-hybridized carbons (Fsp3) is 0.583. The highest BCUT2D eigenvalue weighted by atomic mass is 32.1. The number of nitrogens with one attached hydrogen (secondary N) is 2. The molecule has 0 unspecified atom stereocenters. The van der Waals surface area contributed by atoms with Crippen LogP contribution in [0.15, 0.2) is 34.6 Å². The molecule has 1 aromatic carbocycles. The zero-order chi connectivity index (χ0) is 21.5. The van der Waals surface area contributed by atoms with Crippen molar-refractivity contribution in [3.63, 3.8) is 0 Å². The van der Waals surface area contributed by atoms with E-state index >= 15 is 0 Å². The van der Waals surface area contributed by atoms with E-state index in [1.807, 2.05) is 7.05 Å². The van der Waals surface area contributed by atoms with Gasteiger partial charge in [-0.1, -0.05) is 24.3 Å². The van der Waals surface area contributed by atoms with Crippen LogP contribution >= 0.6 is 11.3 Å². The summed E-state index contributed by atoms with van der Waals surface area (Å²) in [6.07, 6.45) is 5.82. The van der Waals surface area contributed by atoms with Gasteiger partial charge in [-0.3, -0.25) is 9.89 Å². The number of benzene rings is 1. The maximum absolute atomic E-state index is 4.82. The van der Waals surface area contributed by atoms with Gasteiger partial charge in [-0.2, -0.15) is 0 Å². The molecule has 2 aromatic rings. The average molecular weight is 441 g/mol. The summed E-state index contributed by atoms with van der Waals surface area (Å²) >= 11 is 1.78. The minimum atomic E-state index is 0.486. The third-order valence-electron chi connectivity index (χ3n) is 6.40. The van der Waals surface area contributed by atoms with E-state index in [4.69, 9.17) is 4.98 Å². The third-order valence-corrected chi connectivity index (χ3v) is 7.35. The second-order valence-electron chi connectivity index (χ2n) is 8.69. The van der Waals surface area contributed by atoms with E-state index in [9.17, 15) is 0 Å². The Labute approximate surface area is 190 Å². The number of anilines is 1. The van der Waals surface area contributed by atoms with Gasteiger partial charge in [0.05, 0.1) is 5.69 Å². The molecule has 4 rings (SSSR count). The molecule has 2 aliphatic heterocycles. The Hall–Kier alpha value is -2.12. The number of guanidine groups is 1. The van der Waals surface area contributed by atoms with Crippen LogP contribution in [0, 0.1) is 6.92 Å². The lowest BCUT2D eigenvalue weighted by Gasteiger charge is -2.33. The summed E-state index contributed by atoms with van der Waals surface area (Å²) in [5, 5.41) is 10.5. The quantitative estimate of drug-likeness (QED) is 0.510. The Morgan fingerprint density at radius 1 is 1.16 bits per heavy atom. The summed E-state index contributed by atoms with van der Waals surface area (Å²) in [6, 6.07) is 9.21. The molecular weight excluding hydrogens is 404 g/mol. The highest BCUT2D eigenvalue weighted by molar-refractivity contribution is 7.13. The predicted octanol–water partition coefficient (Wildman–Crippen LogP) is 3.42. The van der Waals surface area contributed by atoms with Crippen molar-refractivity contribution in [2.75, 3.05) is 44.7 Å². The first kappa shape index (κ1) is 22.1. The minimum absolute atomic E-state index is 0.486. The van der Waals surface area contributed by atoms with E-state index in [2.05, 4.69) is 62.0 Å². The van der Waals surface area contributed by atoms with Crippen molar-refractivity contribution in [3.8, 4) is 0 Å². The Balaban J connectivity index is 1.16. The second-order valence-corrected chi connectivity index (χ2v) is 9.52. The van der Waals surface area contributed by atoms with Crippen LogP contribution in [0.5, 0.6) is 0 Å². The Morgan fingerprint density at radius 2 is 1.94 bits per heavy atom. The van der Waals surface area contributed by atoms with Crippen LogP contribution in [0.25, 0.3) is 0 Å². The van der Waals surface area contributed by atoms with Gasteiger partial charge in [-0.25, -0.2) is 4.98 Å². The Morgan fingerprint density at radius 3 is 2.68 bits per heavy atom.